The van der Waals surface area contributed by atoms with Gasteiger partial charge in [0.25, 0.3) is 0 Å². The molecule has 0 fully saturated rings. The van der Waals surface area contributed by atoms with Crippen molar-refractivity contribution in [2.45, 2.75) is 19.3 Å². The van der Waals surface area contributed by atoms with Crippen LogP contribution in [0.4, 0.5) is 9.93 Å². The predicted molar refractivity (Wildman–Crippen MR) is 104 cm³/mol. The number of nitrogens with two attached hydrogens (primary N) is 1. The molecule has 26 heavy (non-hydrogen) atoms. The Kier molecular flexibility index (Phi) is 6.02. The number of urea groups is 1. The average molecular weight is 393 g/mol. The van der Waals surface area contributed by atoms with Crippen molar-refractivity contribution >= 4 is 32.5 Å². The van der Waals surface area contributed by atoms with E-state index >= 15 is 0 Å². The maximum atomic E-state index is 11.8. The van der Waals surface area contributed by atoms with E-state index in [4.69, 9.17) is 11.6 Å². The van der Waals surface area contributed by atoms with E-state index in [1.807, 2.05) is 38.1 Å². The number of aryl methyl sites for hydroxylation is 1. The highest BCUT2D eigenvalue weighted by molar-refractivity contribution is 7.89. The largest absolute Gasteiger partial charge is 0.337 e. The molecule has 9 heteroatoms. The Morgan fingerprint density at radius 3 is 2.62 bits per heavy atom. The lowest BCUT2D eigenvalue weighted by Gasteiger charge is -2.22. The number of primary sulfonamides is 1. The van der Waals surface area contributed by atoms with Crippen molar-refractivity contribution < 1.29 is 13.2 Å². The minimum Gasteiger partial charge on any atom is -0.337 e. The molecule has 0 unspecified atom stereocenters. The number of carbonyl (C=O) groups excluding carboxylic acids is 1. The number of sulfonamides is 1. The summed E-state index contributed by atoms with van der Waals surface area (Å²) in [6.07, 6.45) is 5.77. The second-order valence-corrected chi connectivity index (χ2v) is 8.51. The smallest absolute Gasteiger partial charge is 0.321 e. The molecule has 1 atom stereocenters. The molecular formula is C17H20N4O3S2. The molecule has 1 aromatic heterocycles. The third-order valence-corrected chi connectivity index (χ3v) is 5.36. The molecule has 0 saturated carbocycles. The average Bonchev–Trinajstić information content (AvgIpc) is 3.02. The van der Waals surface area contributed by atoms with E-state index < -0.39 is 21.5 Å². The first-order valence-corrected chi connectivity index (χ1v) is 10.3. The molecule has 2 aromatic rings. The van der Waals surface area contributed by atoms with E-state index in [1.165, 1.54) is 11.3 Å². The summed E-state index contributed by atoms with van der Waals surface area (Å²) >= 11 is 1.24. The van der Waals surface area contributed by atoms with Gasteiger partial charge in [0.1, 0.15) is 0 Å². The first kappa shape index (κ1) is 19.9. The second kappa shape index (κ2) is 7.86. The summed E-state index contributed by atoms with van der Waals surface area (Å²) in [5.74, 6) is 2.44. The highest BCUT2D eigenvalue weighted by Crippen LogP contribution is 2.33. The number of aromatic nitrogens is 1. The second-order valence-electron chi connectivity index (χ2n) is 5.92. The van der Waals surface area contributed by atoms with Crippen molar-refractivity contribution in [2.75, 3.05) is 17.6 Å². The van der Waals surface area contributed by atoms with Gasteiger partial charge in [-0.3, -0.25) is 5.32 Å². The number of terminal acetylenes is 1. The molecule has 0 bridgehead atoms. The van der Waals surface area contributed by atoms with Crippen LogP contribution < -0.4 is 15.8 Å². The van der Waals surface area contributed by atoms with Crippen molar-refractivity contribution in [3.05, 3.63) is 46.5 Å². The van der Waals surface area contributed by atoms with Gasteiger partial charge in [0.05, 0.1) is 16.9 Å². The Morgan fingerprint density at radius 1 is 1.38 bits per heavy atom. The van der Waals surface area contributed by atoms with Crippen molar-refractivity contribution in [3.8, 4) is 12.3 Å². The van der Waals surface area contributed by atoms with E-state index in [9.17, 15) is 13.2 Å². The van der Waals surface area contributed by atoms with Gasteiger partial charge in [-0.1, -0.05) is 35.7 Å². The first-order valence-electron chi connectivity index (χ1n) is 7.70. The SMILES string of the molecule is C#C[C@@](C)(c1ccc(C)cc1)c1csc(NC(=O)NCCS(N)(=O)=O)n1. The van der Waals surface area contributed by atoms with Gasteiger partial charge in [0.15, 0.2) is 5.13 Å². The Labute approximate surface area is 157 Å². The van der Waals surface area contributed by atoms with Crippen molar-refractivity contribution in [1.82, 2.24) is 10.3 Å². The zero-order valence-corrected chi connectivity index (χ0v) is 16.1. The number of rotatable bonds is 6. The molecule has 0 aliphatic heterocycles. The molecule has 0 aliphatic carbocycles. The number of hydrogen-bond acceptors (Lipinski definition) is 5. The number of hydrogen-bond donors (Lipinski definition) is 3. The summed E-state index contributed by atoms with van der Waals surface area (Å²) in [7, 11) is -3.62. The topological polar surface area (TPSA) is 114 Å². The predicted octanol–water partition coefficient (Wildman–Crippen LogP) is 1.80. The third-order valence-electron chi connectivity index (χ3n) is 3.83. The summed E-state index contributed by atoms with van der Waals surface area (Å²) in [5, 5.41) is 12.0. The molecule has 4 N–H and O–H groups in total. The highest BCUT2D eigenvalue weighted by Gasteiger charge is 2.29. The summed E-state index contributed by atoms with van der Waals surface area (Å²) in [5.41, 5.74) is 1.98. The minimum atomic E-state index is -3.62. The Bertz CT molecular complexity index is 930. The minimum absolute atomic E-state index is 0.0890. The van der Waals surface area contributed by atoms with Gasteiger partial charge in [0.2, 0.25) is 10.0 Å². The number of thiazole rings is 1. The van der Waals surface area contributed by atoms with Gasteiger partial charge in [0, 0.05) is 11.9 Å². The molecule has 1 heterocycles. The van der Waals surface area contributed by atoms with E-state index in [1.54, 1.807) is 5.38 Å². The molecule has 7 nitrogen and oxygen atoms in total. The standard InChI is InChI=1S/C17H20N4O3S2/c1-4-17(3,13-7-5-12(2)6-8-13)14-11-25-16(20-14)21-15(22)19-9-10-26(18,23)24/h1,5-8,11H,9-10H2,2-3H3,(H2,18,23,24)(H2,19,20,21,22)/t17-/m0/s1. The molecule has 0 aliphatic rings. The zero-order chi connectivity index (χ0) is 19.4. The summed E-state index contributed by atoms with van der Waals surface area (Å²) in [6.45, 7) is 3.80. The molecule has 2 amide bonds. The molecule has 0 radical (unpaired) electrons. The lowest BCUT2D eigenvalue weighted by atomic mass is 9.80. The fraction of sp³-hybridized carbons (Fsp3) is 0.294. The van der Waals surface area contributed by atoms with Crippen LogP contribution in [0.25, 0.3) is 0 Å². The maximum Gasteiger partial charge on any atom is 0.321 e. The van der Waals surface area contributed by atoms with E-state index in [0.717, 1.165) is 11.1 Å². The van der Waals surface area contributed by atoms with Gasteiger partial charge in [-0.15, -0.1) is 17.8 Å². The Hall–Kier alpha value is -2.41. The van der Waals surface area contributed by atoms with E-state index in [0.29, 0.717) is 10.8 Å². The summed E-state index contributed by atoms with van der Waals surface area (Å²) in [6, 6.07) is 7.32. The number of anilines is 1. The third kappa shape index (κ3) is 5.05. The number of carbonyl (C=O) groups is 1. The lowest BCUT2D eigenvalue weighted by Crippen LogP contribution is -2.34. The van der Waals surface area contributed by atoms with Gasteiger partial charge in [-0.05, 0) is 19.4 Å². The van der Waals surface area contributed by atoms with Crippen LogP contribution in [0.3, 0.4) is 0 Å². The van der Waals surface area contributed by atoms with E-state index in [-0.39, 0.29) is 12.3 Å². The first-order chi connectivity index (χ1) is 12.1. The fourth-order valence-electron chi connectivity index (χ4n) is 2.20. The Morgan fingerprint density at radius 2 is 2.04 bits per heavy atom. The van der Waals surface area contributed by atoms with Crippen molar-refractivity contribution in [2.24, 2.45) is 5.14 Å². The molecule has 2 rings (SSSR count). The van der Waals surface area contributed by atoms with Crippen LogP contribution in [0.2, 0.25) is 0 Å². The van der Waals surface area contributed by atoms with Crippen LogP contribution in [0.15, 0.2) is 29.6 Å². The van der Waals surface area contributed by atoms with Crippen molar-refractivity contribution in [3.63, 3.8) is 0 Å². The van der Waals surface area contributed by atoms with Crippen LogP contribution >= 0.6 is 11.3 Å². The van der Waals surface area contributed by atoms with Gasteiger partial charge < -0.3 is 5.32 Å². The highest BCUT2D eigenvalue weighted by atomic mass is 32.2. The summed E-state index contributed by atoms with van der Waals surface area (Å²) < 4.78 is 21.7. The van der Waals surface area contributed by atoms with Gasteiger partial charge >= 0.3 is 6.03 Å². The van der Waals surface area contributed by atoms with Gasteiger partial charge in [-0.25, -0.2) is 23.3 Å². The lowest BCUT2D eigenvalue weighted by molar-refractivity contribution is 0.252. The molecule has 138 valence electrons. The van der Waals surface area contributed by atoms with Crippen LogP contribution in [-0.2, 0) is 15.4 Å². The molecule has 0 saturated heterocycles. The van der Waals surface area contributed by atoms with Gasteiger partial charge in [-0.2, -0.15) is 0 Å². The summed E-state index contributed by atoms with van der Waals surface area (Å²) in [4.78, 5) is 16.2. The monoisotopic (exact) mass is 392 g/mol. The maximum absolute atomic E-state index is 11.8. The molecule has 1 aromatic carbocycles. The van der Waals surface area contributed by atoms with Crippen LogP contribution in [0.5, 0.6) is 0 Å². The Balaban J connectivity index is 2.09. The quantitative estimate of drug-likeness (QED) is 0.650. The van der Waals surface area contributed by atoms with Crippen molar-refractivity contribution in [1.29, 1.82) is 0 Å². The number of amides is 2. The zero-order valence-electron chi connectivity index (χ0n) is 14.4. The van der Waals surface area contributed by atoms with Crippen LogP contribution in [-0.4, -0.2) is 31.7 Å². The molecular weight excluding hydrogens is 372 g/mol. The normalized spacial score (nSPS) is 13.5. The van der Waals surface area contributed by atoms with E-state index in [2.05, 4.69) is 21.5 Å². The number of nitrogens with one attached hydrogen (secondary N) is 2. The fourth-order valence-corrected chi connectivity index (χ4v) is 3.40. The number of nitrogens with zero attached hydrogens (tertiary/aromatic N) is 1. The van der Waals surface area contributed by atoms with Crippen LogP contribution in [0, 0.1) is 19.3 Å². The number of benzene rings is 1. The van der Waals surface area contributed by atoms with Crippen LogP contribution in [0.1, 0.15) is 23.7 Å². The molecule has 0 spiro atoms.